The molecule has 3 rings (SSSR count). The highest BCUT2D eigenvalue weighted by molar-refractivity contribution is 7.11. The molecule has 1 fully saturated rings. The second kappa shape index (κ2) is 12.0. The lowest BCUT2D eigenvalue weighted by molar-refractivity contribution is -0.121. The van der Waals surface area contributed by atoms with E-state index in [1.165, 1.54) is 11.5 Å². The van der Waals surface area contributed by atoms with Gasteiger partial charge in [0, 0.05) is 44.0 Å². The van der Waals surface area contributed by atoms with Crippen LogP contribution in [0, 0.1) is 24.2 Å². The molecule has 0 aliphatic carbocycles. The smallest absolute Gasteiger partial charge is 0.243 e. The summed E-state index contributed by atoms with van der Waals surface area (Å²) in [7, 11) is 0. The van der Waals surface area contributed by atoms with Crippen molar-refractivity contribution in [2.75, 3.05) is 56.2 Å². The van der Waals surface area contributed by atoms with Gasteiger partial charge in [0.15, 0.2) is 0 Å². The van der Waals surface area contributed by atoms with Crippen LogP contribution in [0.3, 0.4) is 0 Å². The SMILES string of the molecule is Cc1nsc(N[C@@H](CC(C)C)C(=O)NCC#N)c1-c1ccc(N2CCN(CCF)CC2)cc1. The number of carbonyl (C=O) groups is 1. The number of nitriles is 1. The van der Waals surface area contributed by atoms with Gasteiger partial charge in [0.1, 0.15) is 24.3 Å². The molecule has 0 bridgehead atoms. The minimum absolute atomic E-state index is 0.00676. The van der Waals surface area contributed by atoms with Crippen molar-refractivity contribution >= 4 is 28.1 Å². The lowest BCUT2D eigenvalue weighted by atomic mass is 10.0. The van der Waals surface area contributed by atoms with E-state index < -0.39 is 6.04 Å². The van der Waals surface area contributed by atoms with Crippen molar-refractivity contribution in [3.8, 4) is 17.2 Å². The lowest BCUT2D eigenvalue weighted by Gasteiger charge is -2.35. The van der Waals surface area contributed by atoms with Crippen LogP contribution in [0.1, 0.15) is 26.0 Å². The van der Waals surface area contributed by atoms with Gasteiger partial charge in [0.05, 0.1) is 11.8 Å². The Morgan fingerprint density at radius 1 is 1.24 bits per heavy atom. The van der Waals surface area contributed by atoms with Crippen LogP contribution in [0.4, 0.5) is 15.1 Å². The van der Waals surface area contributed by atoms with Gasteiger partial charge >= 0.3 is 0 Å². The number of amides is 1. The molecule has 1 aromatic carbocycles. The Labute approximate surface area is 199 Å². The van der Waals surface area contributed by atoms with Gasteiger partial charge in [-0.25, -0.2) is 4.39 Å². The summed E-state index contributed by atoms with van der Waals surface area (Å²) in [6, 6.07) is 9.95. The molecule has 1 aromatic heterocycles. The Morgan fingerprint density at radius 3 is 2.55 bits per heavy atom. The first-order chi connectivity index (χ1) is 15.9. The van der Waals surface area contributed by atoms with Gasteiger partial charge in [-0.15, -0.1) is 0 Å². The lowest BCUT2D eigenvalue weighted by Crippen LogP contribution is -2.47. The standard InChI is InChI=1S/C24H33FN6OS/c1-17(2)16-21(23(32)27-10-9-26)28-24-22(18(3)29-33-24)19-4-6-20(7-5-19)31-14-12-30(11-8-25)13-15-31/h4-7,17,21,28H,8,10-16H2,1-3H3,(H,27,32)/t21-/m0/s1. The summed E-state index contributed by atoms with van der Waals surface area (Å²) in [6.45, 7) is 9.85. The van der Waals surface area contributed by atoms with Gasteiger partial charge in [-0.1, -0.05) is 26.0 Å². The number of benzene rings is 1. The second-order valence-corrected chi connectivity index (χ2v) is 9.51. The van der Waals surface area contributed by atoms with Gasteiger partial charge < -0.3 is 15.5 Å². The van der Waals surface area contributed by atoms with Gasteiger partial charge in [0.25, 0.3) is 0 Å². The predicted octanol–water partition coefficient (Wildman–Crippen LogP) is 3.68. The van der Waals surface area contributed by atoms with Gasteiger partial charge in [-0.2, -0.15) is 9.64 Å². The number of anilines is 2. The molecule has 7 nitrogen and oxygen atoms in total. The number of rotatable bonds is 10. The summed E-state index contributed by atoms with van der Waals surface area (Å²) >= 11 is 1.35. The van der Waals surface area contributed by atoms with Crippen molar-refractivity contribution in [3.63, 3.8) is 0 Å². The fraction of sp³-hybridized carbons (Fsp3) is 0.542. The third kappa shape index (κ3) is 6.65. The molecule has 1 aliphatic heterocycles. The highest BCUT2D eigenvalue weighted by Crippen LogP contribution is 2.36. The topological polar surface area (TPSA) is 84.3 Å². The summed E-state index contributed by atoms with van der Waals surface area (Å²) in [5, 5.41) is 15.7. The van der Waals surface area contributed by atoms with E-state index in [9.17, 15) is 9.18 Å². The monoisotopic (exact) mass is 472 g/mol. The number of halogens is 1. The molecular formula is C24H33FN6OS. The number of nitrogens with one attached hydrogen (secondary N) is 2. The third-order valence-corrected chi connectivity index (χ3v) is 6.70. The largest absolute Gasteiger partial charge is 0.369 e. The molecule has 0 saturated carbocycles. The second-order valence-electron chi connectivity index (χ2n) is 8.74. The molecule has 1 aliphatic rings. The number of aryl methyl sites for hydroxylation is 1. The van der Waals surface area contributed by atoms with Crippen molar-refractivity contribution in [2.24, 2.45) is 5.92 Å². The van der Waals surface area contributed by atoms with Crippen molar-refractivity contribution < 1.29 is 9.18 Å². The Kier molecular flexibility index (Phi) is 9.03. The summed E-state index contributed by atoms with van der Waals surface area (Å²) in [5.41, 5.74) is 4.11. The van der Waals surface area contributed by atoms with Crippen LogP contribution >= 0.6 is 11.5 Å². The van der Waals surface area contributed by atoms with Crippen LogP contribution in [0.5, 0.6) is 0 Å². The third-order valence-electron chi connectivity index (χ3n) is 5.83. The predicted molar refractivity (Wildman–Crippen MR) is 132 cm³/mol. The first kappa shape index (κ1) is 24.9. The van der Waals surface area contributed by atoms with Crippen LogP contribution < -0.4 is 15.5 Å². The zero-order chi connectivity index (χ0) is 23.8. The number of alkyl halides is 1. The fourth-order valence-electron chi connectivity index (χ4n) is 4.11. The Balaban J connectivity index is 1.74. The molecular weight excluding hydrogens is 439 g/mol. The molecule has 1 amide bonds. The summed E-state index contributed by atoms with van der Waals surface area (Å²) in [4.78, 5) is 17.1. The summed E-state index contributed by atoms with van der Waals surface area (Å²) in [5.74, 6) is 0.141. The van der Waals surface area contributed by atoms with Crippen LogP contribution in [0.15, 0.2) is 24.3 Å². The van der Waals surface area contributed by atoms with Crippen molar-refractivity contribution in [1.82, 2.24) is 14.6 Å². The first-order valence-electron chi connectivity index (χ1n) is 11.4. The molecule has 2 heterocycles. The van der Waals surface area contributed by atoms with Gasteiger partial charge in [-0.05, 0) is 48.5 Å². The zero-order valence-corrected chi connectivity index (χ0v) is 20.4. The normalized spacial score (nSPS) is 15.3. The molecule has 1 saturated heterocycles. The van der Waals surface area contributed by atoms with E-state index in [4.69, 9.17) is 5.26 Å². The highest BCUT2D eigenvalue weighted by atomic mass is 32.1. The van der Waals surface area contributed by atoms with E-state index in [0.717, 1.165) is 53.7 Å². The number of hydrogen-bond donors (Lipinski definition) is 2. The maximum atomic E-state index is 12.6. The minimum atomic E-state index is -0.433. The van der Waals surface area contributed by atoms with E-state index in [1.54, 1.807) is 0 Å². The van der Waals surface area contributed by atoms with Crippen LogP contribution in [-0.4, -0.2) is 67.2 Å². The Bertz CT molecular complexity index is 947. The maximum absolute atomic E-state index is 12.6. The van der Waals surface area contributed by atoms with E-state index in [-0.39, 0.29) is 19.1 Å². The van der Waals surface area contributed by atoms with Crippen LogP contribution in [0.2, 0.25) is 0 Å². The summed E-state index contributed by atoms with van der Waals surface area (Å²) in [6.07, 6.45) is 0.654. The molecule has 2 N–H and O–H groups in total. The van der Waals surface area contributed by atoms with E-state index in [1.807, 2.05) is 13.0 Å². The molecule has 0 spiro atoms. The summed E-state index contributed by atoms with van der Waals surface area (Å²) < 4.78 is 17.1. The van der Waals surface area contributed by atoms with E-state index >= 15 is 0 Å². The molecule has 9 heteroatoms. The van der Waals surface area contributed by atoms with E-state index in [0.29, 0.717) is 18.9 Å². The average Bonchev–Trinajstić information content (AvgIpc) is 3.17. The number of hydrogen-bond acceptors (Lipinski definition) is 7. The van der Waals surface area contributed by atoms with Crippen molar-refractivity contribution in [1.29, 1.82) is 5.26 Å². The number of piperazine rings is 1. The average molecular weight is 473 g/mol. The van der Waals surface area contributed by atoms with E-state index in [2.05, 4.69) is 62.9 Å². The minimum Gasteiger partial charge on any atom is -0.369 e. The van der Waals surface area contributed by atoms with Crippen LogP contribution in [-0.2, 0) is 4.79 Å². The molecule has 33 heavy (non-hydrogen) atoms. The first-order valence-corrected chi connectivity index (χ1v) is 12.2. The number of aromatic nitrogens is 1. The molecule has 0 unspecified atom stereocenters. The Hall–Kier alpha value is -2.70. The zero-order valence-electron chi connectivity index (χ0n) is 19.6. The molecule has 0 radical (unpaired) electrons. The molecule has 178 valence electrons. The van der Waals surface area contributed by atoms with Gasteiger partial charge in [0.2, 0.25) is 5.91 Å². The van der Waals surface area contributed by atoms with Crippen molar-refractivity contribution in [2.45, 2.75) is 33.2 Å². The fourth-order valence-corrected chi connectivity index (χ4v) is 4.98. The molecule has 1 atom stereocenters. The number of nitrogens with zero attached hydrogens (tertiary/aromatic N) is 4. The number of carbonyl (C=O) groups excluding carboxylic acids is 1. The Morgan fingerprint density at radius 2 is 1.94 bits per heavy atom. The van der Waals surface area contributed by atoms with Crippen molar-refractivity contribution in [3.05, 3.63) is 30.0 Å². The maximum Gasteiger partial charge on any atom is 0.243 e. The van der Waals surface area contributed by atoms with Gasteiger partial charge in [-0.3, -0.25) is 9.69 Å². The van der Waals surface area contributed by atoms with Crippen LogP contribution in [0.25, 0.3) is 11.1 Å². The quantitative estimate of drug-likeness (QED) is 0.513. The molecule has 2 aromatic rings. The highest BCUT2D eigenvalue weighted by Gasteiger charge is 2.23.